The zero-order valence-electron chi connectivity index (χ0n) is 13.4. The van der Waals surface area contributed by atoms with Crippen LogP contribution >= 0.6 is 0 Å². The molecule has 4 nitrogen and oxygen atoms in total. The van der Waals surface area contributed by atoms with E-state index in [1.54, 1.807) is 30.5 Å². The van der Waals surface area contributed by atoms with E-state index in [-0.39, 0.29) is 12.1 Å². The molecule has 2 N–H and O–H groups in total. The molecule has 122 valence electrons. The molecule has 0 saturated heterocycles. The lowest BCUT2D eigenvalue weighted by atomic mass is 10.1. The Balaban J connectivity index is 1.78. The van der Waals surface area contributed by atoms with Crippen molar-refractivity contribution in [1.82, 2.24) is 5.32 Å². The molecule has 2 rings (SSSR count). The van der Waals surface area contributed by atoms with Crippen molar-refractivity contribution >= 4 is 22.5 Å². The molecule has 2 amide bonds. The van der Waals surface area contributed by atoms with Crippen molar-refractivity contribution in [2.75, 3.05) is 11.6 Å². The largest absolute Gasteiger partial charge is 0.335 e. The van der Waals surface area contributed by atoms with Gasteiger partial charge in [0.2, 0.25) is 0 Å². The van der Waals surface area contributed by atoms with E-state index in [2.05, 4.69) is 22.8 Å². The van der Waals surface area contributed by atoms with Gasteiger partial charge in [-0.2, -0.15) is 0 Å². The second kappa shape index (κ2) is 8.48. The van der Waals surface area contributed by atoms with Gasteiger partial charge < -0.3 is 10.6 Å². The maximum absolute atomic E-state index is 12.0. The number of hydrogen-bond acceptors (Lipinski definition) is 2. The molecule has 2 aromatic carbocycles. The van der Waals surface area contributed by atoms with E-state index in [0.29, 0.717) is 5.69 Å². The molecule has 0 unspecified atom stereocenters. The second-order valence-corrected chi connectivity index (χ2v) is 6.88. The first-order valence-electron chi connectivity index (χ1n) is 7.59. The maximum Gasteiger partial charge on any atom is 0.319 e. The Morgan fingerprint density at radius 1 is 1.09 bits per heavy atom. The molecule has 0 heterocycles. The number of aryl methyl sites for hydroxylation is 1. The highest BCUT2D eigenvalue weighted by atomic mass is 32.2. The smallest absolute Gasteiger partial charge is 0.319 e. The summed E-state index contributed by atoms with van der Waals surface area (Å²) in [4.78, 5) is 12.7. The first-order valence-corrected chi connectivity index (χ1v) is 9.15. The summed E-state index contributed by atoms with van der Waals surface area (Å²) in [7, 11) is -1.01. The van der Waals surface area contributed by atoms with Crippen LogP contribution in [0.2, 0.25) is 0 Å². The Labute approximate surface area is 139 Å². The van der Waals surface area contributed by atoms with Crippen LogP contribution in [0.3, 0.4) is 0 Å². The zero-order valence-corrected chi connectivity index (χ0v) is 14.2. The first kappa shape index (κ1) is 17.2. The SMILES string of the molecule is C[C@H](CCc1ccccc1)NC(=O)Nc1ccc([S@@](C)=O)cc1. The van der Waals surface area contributed by atoms with Gasteiger partial charge in [-0.1, -0.05) is 30.3 Å². The molecule has 0 aromatic heterocycles. The van der Waals surface area contributed by atoms with Crippen LogP contribution in [-0.2, 0) is 17.2 Å². The molecule has 0 aliphatic heterocycles. The van der Waals surface area contributed by atoms with Crippen molar-refractivity contribution in [2.45, 2.75) is 30.7 Å². The standard InChI is InChI=1S/C18H22N2O2S/c1-14(8-9-15-6-4-3-5-7-15)19-18(21)20-16-10-12-17(13-11-16)23(2)22/h3-7,10-14H,8-9H2,1-2H3,(H2,19,20,21)/t14-,23-/m1/s1. The molecule has 0 fully saturated rings. The molecule has 2 aromatic rings. The number of anilines is 1. The predicted octanol–water partition coefficient (Wildman–Crippen LogP) is 3.57. The highest BCUT2D eigenvalue weighted by Crippen LogP contribution is 2.12. The minimum absolute atomic E-state index is 0.0811. The minimum Gasteiger partial charge on any atom is -0.335 e. The van der Waals surface area contributed by atoms with Gasteiger partial charge in [0.25, 0.3) is 0 Å². The zero-order chi connectivity index (χ0) is 16.7. The van der Waals surface area contributed by atoms with Crippen molar-refractivity contribution < 1.29 is 9.00 Å². The van der Waals surface area contributed by atoms with Crippen LogP contribution < -0.4 is 10.6 Å². The molecule has 0 radical (unpaired) electrons. The third-order valence-corrected chi connectivity index (χ3v) is 4.47. The van der Waals surface area contributed by atoms with Crippen LogP contribution in [0, 0.1) is 0 Å². The lowest BCUT2D eigenvalue weighted by Crippen LogP contribution is -2.36. The average Bonchev–Trinajstić information content (AvgIpc) is 2.54. The summed E-state index contributed by atoms with van der Waals surface area (Å²) >= 11 is 0. The van der Waals surface area contributed by atoms with Crippen molar-refractivity contribution in [3.05, 3.63) is 60.2 Å². The quantitative estimate of drug-likeness (QED) is 0.851. The van der Waals surface area contributed by atoms with Crippen molar-refractivity contribution in [1.29, 1.82) is 0 Å². The van der Waals surface area contributed by atoms with Gasteiger partial charge in [0.1, 0.15) is 0 Å². The fourth-order valence-corrected chi connectivity index (χ4v) is 2.74. The van der Waals surface area contributed by atoms with Crippen LogP contribution in [0.15, 0.2) is 59.5 Å². The van der Waals surface area contributed by atoms with Crippen molar-refractivity contribution in [2.24, 2.45) is 0 Å². The molecule has 0 spiro atoms. The van der Waals surface area contributed by atoms with Gasteiger partial charge >= 0.3 is 6.03 Å². The van der Waals surface area contributed by atoms with Crippen LogP contribution in [0.25, 0.3) is 0 Å². The van der Waals surface area contributed by atoms with Crippen LogP contribution in [0.5, 0.6) is 0 Å². The number of rotatable bonds is 6. The number of hydrogen-bond donors (Lipinski definition) is 2. The Hall–Kier alpha value is -2.14. The summed E-state index contributed by atoms with van der Waals surface area (Å²) in [5.74, 6) is 0. The van der Waals surface area contributed by atoms with Gasteiger partial charge in [0.15, 0.2) is 0 Å². The normalized spacial score (nSPS) is 13.1. The lowest BCUT2D eigenvalue weighted by molar-refractivity contribution is 0.248. The molecule has 23 heavy (non-hydrogen) atoms. The number of carbonyl (C=O) groups is 1. The molecule has 5 heteroatoms. The Bertz CT molecular complexity index is 656. The summed E-state index contributed by atoms with van der Waals surface area (Å²) in [6.45, 7) is 1.99. The maximum atomic E-state index is 12.0. The van der Waals surface area contributed by atoms with Crippen molar-refractivity contribution in [3.8, 4) is 0 Å². The van der Waals surface area contributed by atoms with Gasteiger partial charge in [-0.3, -0.25) is 4.21 Å². The fourth-order valence-electron chi connectivity index (χ4n) is 2.22. The first-order chi connectivity index (χ1) is 11.0. The van der Waals surface area contributed by atoms with Gasteiger partial charge in [-0.15, -0.1) is 0 Å². The fraction of sp³-hybridized carbons (Fsp3) is 0.278. The number of urea groups is 1. The van der Waals surface area contributed by atoms with E-state index in [9.17, 15) is 9.00 Å². The van der Waals surface area contributed by atoms with E-state index < -0.39 is 10.8 Å². The van der Waals surface area contributed by atoms with Crippen LogP contribution in [0.1, 0.15) is 18.9 Å². The van der Waals surface area contributed by atoms with E-state index >= 15 is 0 Å². The second-order valence-electron chi connectivity index (χ2n) is 5.50. The van der Waals surface area contributed by atoms with Crippen LogP contribution in [-0.4, -0.2) is 22.5 Å². The lowest BCUT2D eigenvalue weighted by Gasteiger charge is -2.15. The monoisotopic (exact) mass is 330 g/mol. The third kappa shape index (κ3) is 5.87. The molecular weight excluding hydrogens is 308 g/mol. The molecule has 0 aliphatic carbocycles. The molecule has 2 atom stereocenters. The number of benzene rings is 2. The van der Waals surface area contributed by atoms with E-state index in [0.717, 1.165) is 17.7 Å². The number of amides is 2. The molecule has 0 bridgehead atoms. The summed E-state index contributed by atoms with van der Waals surface area (Å²) in [6.07, 6.45) is 3.44. The number of nitrogens with one attached hydrogen (secondary N) is 2. The van der Waals surface area contributed by atoms with Gasteiger partial charge in [-0.05, 0) is 49.6 Å². The van der Waals surface area contributed by atoms with E-state index in [4.69, 9.17) is 0 Å². The highest BCUT2D eigenvalue weighted by molar-refractivity contribution is 7.84. The van der Waals surface area contributed by atoms with Crippen LogP contribution in [0.4, 0.5) is 10.5 Å². The van der Waals surface area contributed by atoms with E-state index in [1.165, 1.54) is 5.56 Å². The van der Waals surface area contributed by atoms with Crippen molar-refractivity contribution in [3.63, 3.8) is 0 Å². The van der Waals surface area contributed by atoms with Gasteiger partial charge in [0.05, 0.1) is 0 Å². The van der Waals surface area contributed by atoms with E-state index in [1.807, 2.05) is 25.1 Å². The molecular formula is C18H22N2O2S. The molecule has 0 aliphatic rings. The third-order valence-electron chi connectivity index (χ3n) is 3.53. The van der Waals surface area contributed by atoms with Gasteiger partial charge in [0, 0.05) is 33.7 Å². The Morgan fingerprint density at radius 2 is 1.74 bits per heavy atom. The summed E-state index contributed by atoms with van der Waals surface area (Å²) in [5.41, 5.74) is 1.96. The minimum atomic E-state index is -1.01. The Morgan fingerprint density at radius 3 is 2.35 bits per heavy atom. The number of carbonyl (C=O) groups excluding carboxylic acids is 1. The summed E-state index contributed by atoms with van der Waals surface area (Å²) in [6, 6.07) is 17.1. The van der Waals surface area contributed by atoms with Gasteiger partial charge in [-0.25, -0.2) is 4.79 Å². The highest BCUT2D eigenvalue weighted by Gasteiger charge is 2.08. The summed E-state index contributed by atoms with van der Waals surface area (Å²) in [5, 5.41) is 5.71. The predicted molar refractivity (Wildman–Crippen MR) is 95.2 cm³/mol. The average molecular weight is 330 g/mol. The topological polar surface area (TPSA) is 58.2 Å². The summed E-state index contributed by atoms with van der Waals surface area (Å²) < 4.78 is 11.3. The Kier molecular flexibility index (Phi) is 6.35. The molecule has 0 saturated carbocycles.